The van der Waals surface area contributed by atoms with E-state index >= 15 is 0 Å². The van der Waals surface area contributed by atoms with Crippen LogP contribution in [0.15, 0.2) is 0 Å². The molecule has 0 saturated carbocycles. The van der Waals surface area contributed by atoms with E-state index in [2.05, 4.69) is 0 Å². The first kappa shape index (κ1) is 19.5. The van der Waals surface area contributed by atoms with Crippen molar-refractivity contribution in [1.82, 2.24) is 4.90 Å². The fourth-order valence-electron chi connectivity index (χ4n) is 4.36. The van der Waals surface area contributed by atoms with E-state index in [-0.39, 0.29) is 36.4 Å². The molecule has 8 heteroatoms. The molecule has 27 heavy (non-hydrogen) atoms. The van der Waals surface area contributed by atoms with Crippen molar-refractivity contribution in [3.8, 4) is 0 Å². The number of hydrogen-bond donors (Lipinski definition) is 0. The average Bonchev–Trinajstić information content (AvgIpc) is 3.23. The van der Waals surface area contributed by atoms with Gasteiger partial charge in [-0.25, -0.2) is 0 Å². The predicted molar refractivity (Wildman–Crippen MR) is 94.0 cm³/mol. The maximum Gasteiger partial charge on any atom is 0.222 e. The topological polar surface area (TPSA) is 75.7 Å². The molecule has 0 N–H and O–H groups in total. The molecule has 4 aliphatic heterocycles. The summed E-state index contributed by atoms with van der Waals surface area (Å²) in [5.41, 5.74) is 0. The maximum absolute atomic E-state index is 12.5. The molecule has 4 fully saturated rings. The zero-order valence-corrected chi connectivity index (χ0v) is 16.6. The molecule has 0 bridgehead atoms. The highest BCUT2D eigenvalue weighted by atomic mass is 16.8. The van der Waals surface area contributed by atoms with Gasteiger partial charge in [0.2, 0.25) is 5.91 Å². The molecule has 154 valence electrons. The lowest BCUT2D eigenvalue weighted by Crippen LogP contribution is -2.41. The summed E-state index contributed by atoms with van der Waals surface area (Å²) in [6.45, 7) is 10.6. The van der Waals surface area contributed by atoms with Crippen molar-refractivity contribution in [2.24, 2.45) is 0 Å². The first-order chi connectivity index (χ1) is 12.7. The number of nitrogens with zero attached hydrogens (tertiary/aromatic N) is 1. The largest absolute Gasteiger partial charge is 0.378 e. The van der Waals surface area contributed by atoms with Gasteiger partial charge in [-0.05, 0) is 34.1 Å². The van der Waals surface area contributed by atoms with Crippen molar-refractivity contribution in [3.63, 3.8) is 0 Å². The summed E-state index contributed by atoms with van der Waals surface area (Å²) in [4.78, 5) is 14.4. The zero-order chi connectivity index (χ0) is 19.2. The first-order valence-corrected chi connectivity index (χ1v) is 9.92. The number of hydrogen-bond acceptors (Lipinski definition) is 7. The third-order valence-electron chi connectivity index (χ3n) is 5.59. The Morgan fingerprint density at radius 1 is 0.963 bits per heavy atom. The molecular weight excluding hydrogens is 354 g/mol. The van der Waals surface area contributed by atoms with Crippen LogP contribution < -0.4 is 0 Å². The van der Waals surface area contributed by atoms with Crippen LogP contribution in [0.25, 0.3) is 0 Å². The van der Waals surface area contributed by atoms with Gasteiger partial charge in [-0.2, -0.15) is 0 Å². The summed E-state index contributed by atoms with van der Waals surface area (Å²) in [6, 6.07) is 0. The zero-order valence-electron chi connectivity index (χ0n) is 16.6. The molecule has 0 aromatic rings. The highest BCUT2D eigenvalue weighted by molar-refractivity contribution is 5.76. The average molecular weight is 385 g/mol. The molecule has 0 spiro atoms. The Balaban J connectivity index is 1.39. The molecule has 0 aliphatic carbocycles. The number of amides is 1. The van der Waals surface area contributed by atoms with Crippen molar-refractivity contribution in [2.45, 2.75) is 82.6 Å². The molecule has 4 aliphatic rings. The minimum Gasteiger partial charge on any atom is -0.378 e. The Bertz CT molecular complexity index is 560. The predicted octanol–water partition coefficient (Wildman–Crippen LogP) is 1.06. The van der Waals surface area contributed by atoms with Crippen molar-refractivity contribution in [2.75, 3.05) is 32.9 Å². The van der Waals surface area contributed by atoms with Crippen molar-refractivity contribution < 1.29 is 33.2 Å². The number of carbonyl (C=O) groups is 1. The van der Waals surface area contributed by atoms with E-state index in [1.807, 2.05) is 32.6 Å². The normalized spacial score (nSPS) is 40.3. The van der Waals surface area contributed by atoms with Crippen molar-refractivity contribution in [1.29, 1.82) is 0 Å². The van der Waals surface area contributed by atoms with Crippen LogP contribution >= 0.6 is 0 Å². The third-order valence-corrected chi connectivity index (χ3v) is 5.59. The Morgan fingerprint density at radius 2 is 1.67 bits per heavy atom. The highest BCUT2D eigenvalue weighted by Gasteiger charge is 2.58. The number of ether oxygens (including phenoxy) is 6. The van der Waals surface area contributed by atoms with Crippen LogP contribution in [-0.2, 0) is 33.2 Å². The van der Waals surface area contributed by atoms with E-state index in [1.54, 1.807) is 0 Å². The summed E-state index contributed by atoms with van der Waals surface area (Å²) < 4.78 is 35.6. The van der Waals surface area contributed by atoms with Gasteiger partial charge in [0.1, 0.15) is 24.4 Å². The second kappa shape index (κ2) is 7.24. The van der Waals surface area contributed by atoms with E-state index in [9.17, 15) is 4.79 Å². The minimum atomic E-state index is -0.668. The first-order valence-electron chi connectivity index (χ1n) is 9.92. The van der Waals surface area contributed by atoms with Crippen molar-refractivity contribution in [3.05, 3.63) is 0 Å². The number of carbonyl (C=O) groups excluding carboxylic acids is 1. The summed E-state index contributed by atoms with van der Waals surface area (Å²) in [5, 5.41) is 0. The maximum atomic E-state index is 12.5. The smallest absolute Gasteiger partial charge is 0.222 e. The van der Waals surface area contributed by atoms with Crippen LogP contribution in [0.4, 0.5) is 0 Å². The van der Waals surface area contributed by atoms with E-state index in [0.29, 0.717) is 45.8 Å². The van der Waals surface area contributed by atoms with Crippen molar-refractivity contribution >= 4 is 5.91 Å². The van der Waals surface area contributed by atoms with Gasteiger partial charge in [-0.1, -0.05) is 0 Å². The van der Waals surface area contributed by atoms with Gasteiger partial charge in [0.05, 0.1) is 25.9 Å². The third kappa shape index (κ3) is 4.16. The fourth-order valence-corrected chi connectivity index (χ4v) is 4.36. The quantitative estimate of drug-likeness (QED) is 0.716. The Kier molecular flexibility index (Phi) is 5.24. The van der Waals surface area contributed by atoms with Gasteiger partial charge < -0.3 is 33.3 Å². The highest BCUT2D eigenvalue weighted by Crippen LogP contribution is 2.43. The van der Waals surface area contributed by atoms with Gasteiger partial charge in [0.25, 0.3) is 0 Å². The lowest BCUT2D eigenvalue weighted by atomic mass is 10.0. The van der Waals surface area contributed by atoms with Gasteiger partial charge in [-0.3, -0.25) is 4.79 Å². The molecule has 0 aromatic carbocycles. The van der Waals surface area contributed by atoms with Crippen LogP contribution in [0.1, 0.15) is 40.5 Å². The second-order valence-corrected chi connectivity index (χ2v) is 8.60. The summed E-state index contributed by atoms with van der Waals surface area (Å²) >= 11 is 0. The molecule has 4 rings (SSSR count). The molecular formula is C19H31NO7. The van der Waals surface area contributed by atoms with E-state index < -0.39 is 11.6 Å². The molecule has 8 nitrogen and oxygen atoms in total. The summed E-state index contributed by atoms with van der Waals surface area (Å²) in [7, 11) is 0. The van der Waals surface area contributed by atoms with Crippen LogP contribution in [0, 0.1) is 0 Å². The Hall–Kier alpha value is -0.770. The molecule has 0 radical (unpaired) electrons. The molecule has 5 atom stereocenters. The Morgan fingerprint density at radius 3 is 2.33 bits per heavy atom. The molecule has 0 aromatic heterocycles. The van der Waals surface area contributed by atoms with Gasteiger partial charge in [-0.15, -0.1) is 0 Å². The summed E-state index contributed by atoms with van der Waals surface area (Å²) in [5.74, 6) is -1.15. The number of fused-ring (bicyclic) bond motifs is 1. The molecule has 4 heterocycles. The van der Waals surface area contributed by atoms with Crippen LogP contribution in [0.3, 0.4) is 0 Å². The molecule has 4 saturated heterocycles. The number of morpholine rings is 1. The van der Waals surface area contributed by atoms with Crippen LogP contribution in [0.2, 0.25) is 0 Å². The molecule has 0 unspecified atom stereocenters. The van der Waals surface area contributed by atoms with Crippen LogP contribution in [-0.4, -0.2) is 85.8 Å². The number of rotatable bonds is 4. The van der Waals surface area contributed by atoms with E-state index in [0.717, 1.165) is 0 Å². The minimum absolute atomic E-state index is 0.140. The SMILES string of the molecule is CC1(C)O[C@@H]2[C@H](O1)[C@@H](CCC(=O)N1CCOCC1)O[C@@H]2[C@H]1COC(C)(C)O1. The van der Waals surface area contributed by atoms with Gasteiger partial charge in [0, 0.05) is 19.5 Å². The standard InChI is InChI=1S/C19H31NO7/c1-18(2)23-11-13(25-18)15-17-16(26-19(3,4)27-17)12(24-15)5-6-14(21)20-7-9-22-10-8-20/h12-13,15-17H,5-11H2,1-4H3/t12-,13-,15-,16-,17+/m1/s1. The second-order valence-electron chi connectivity index (χ2n) is 8.60. The summed E-state index contributed by atoms with van der Waals surface area (Å²) in [6.07, 6.45) is -0.0470. The van der Waals surface area contributed by atoms with Gasteiger partial charge in [0.15, 0.2) is 11.6 Å². The lowest BCUT2D eigenvalue weighted by molar-refractivity contribution is -0.207. The van der Waals surface area contributed by atoms with E-state index in [4.69, 9.17) is 28.4 Å². The lowest BCUT2D eigenvalue weighted by Gasteiger charge is -2.28. The van der Waals surface area contributed by atoms with Crippen LogP contribution in [0.5, 0.6) is 0 Å². The monoisotopic (exact) mass is 385 g/mol. The molecule has 1 amide bonds. The fraction of sp³-hybridized carbons (Fsp3) is 0.947. The van der Waals surface area contributed by atoms with E-state index in [1.165, 1.54) is 0 Å². The Labute approximate surface area is 160 Å². The van der Waals surface area contributed by atoms with Gasteiger partial charge >= 0.3 is 0 Å².